The van der Waals surface area contributed by atoms with Gasteiger partial charge in [0.15, 0.2) is 16.7 Å². The summed E-state index contributed by atoms with van der Waals surface area (Å²) < 4.78 is 56.8. The van der Waals surface area contributed by atoms with Crippen molar-refractivity contribution in [2.24, 2.45) is 5.92 Å². The summed E-state index contributed by atoms with van der Waals surface area (Å²) in [6.45, 7) is 5.81. The van der Waals surface area contributed by atoms with E-state index >= 15 is 0 Å². The molecule has 2 heterocycles. The summed E-state index contributed by atoms with van der Waals surface area (Å²) in [5.41, 5.74) is 0.577. The molecule has 0 aliphatic carbocycles. The average molecular weight is 435 g/mol. The van der Waals surface area contributed by atoms with E-state index in [0.717, 1.165) is 12.1 Å². The lowest BCUT2D eigenvalue weighted by molar-refractivity contribution is 0.376. The molecule has 2 unspecified atom stereocenters. The molecule has 28 heavy (non-hydrogen) atoms. The summed E-state index contributed by atoms with van der Waals surface area (Å²) >= 11 is 0. The van der Waals surface area contributed by atoms with Gasteiger partial charge in [0.2, 0.25) is 0 Å². The molecule has 3 rings (SSSR count). The van der Waals surface area contributed by atoms with Crippen molar-refractivity contribution in [2.45, 2.75) is 43.8 Å². The van der Waals surface area contributed by atoms with Gasteiger partial charge < -0.3 is 9.88 Å². The lowest BCUT2D eigenvalue weighted by Gasteiger charge is -2.32. The molecule has 1 saturated heterocycles. The van der Waals surface area contributed by atoms with Crippen LogP contribution in [0.15, 0.2) is 35.7 Å². The quantitative estimate of drug-likeness (QED) is 0.732. The summed E-state index contributed by atoms with van der Waals surface area (Å²) in [5, 5.41) is 3.10. The van der Waals surface area contributed by atoms with E-state index in [1.165, 1.54) is 18.6 Å². The smallest absolute Gasteiger partial charge is 0.259 e. The fourth-order valence-electron chi connectivity index (χ4n) is 3.38. The normalized spacial score (nSPS) is 20.2. The number of hydrogen-bond acceptors (Lipinski definition) is 4. The van der Waals surface area contributed by atoms with Gasteiger partial charge in [0, 0.05) is 31.2 Å². The van der Waals surface area contributed by atoms with Crippen LogP contribution in [0.25, 0.3) is 0 Å². The Hall–Kier alpha value is -1.55. The van der Waals surface area contributed by atoms with E-state index in [9.17, 15) is 17.2 Å². The predicted octanol–water partition coefficient (Wildman–Crippen LogP) is 2.66. The topological polar surface area (TPSA) is 76.0 Å². The number of halogens is 3. The van der Waals surface area contributed by atoms with Crippen molar-refractivity contribution in [3.8, 4) is 0 Å². The van der Waals surface area contributed by atoms with Crippen LogP contribution in [0.2, 0.25) is 0 Å². The zero-order valence-electron chi connectivity index (χ0n) is 15.7. The van der Waals surface area contributed by atoms with E-state index in [2.05, 4.69) is 15.0 Å². The van der Waals surface area contributed by atoms with Gasteiger partial charge in [-0.15, -0.1) is 12.4 Å². The van der Waals surface area contributed by atoms with Gasteiger partial charge in [0.05, 0.1) is 6.33 Å². The second kappa shape index (κ2) is 9.30. The third-order valence-electron chi connectivity index (χ3n) is 4.62. The molecular formula is C18H25ClF2N4O2S. The standard InChI is InChI=1S/C18H24F2N4O2S.ClH/c1-12(2)9-24-10-18(22-11-24)27(25,26)23-17-8-21-6-5-14(17)13-3-4-15(19)16(20)7-13;/h3-4,7,10-12,14,17,21,23H,5-6,8-9H2,1-2H3;1H. The highest BCUT2D eigenvalue weighted by atomic mass is 35.5. The monoisotopic (exact) mass is 434 g/mol. The van der Waals surface area contributed by atoms with Crippen molar-refractivity contribution >= 4 is 22.4 Å². The number of benzene rings is 1. The fraction of sp³-hybridized carbons (Fsp3) is 0.500. The second-order valence-corrected chi connectivity index (χ2v) is 8.96. The fourth-order valence-corrected chi connectivity index (χ4v) is 4.61. The molecule has 0 bridgehead atoms. The first kappa shape index (κ1) is 22.7. The molecule has 0 radical (unpaired) electrons. The van der Waals surface area contributed by atoms with E-state index in [0.29, 0.717) is 37.5 Å². The Morgan fingerprint density at radius 3 is 2.75 bits per heavy atom. The van der Waals surface area contributed by atoms with Crippen LogP contribution in [0.4, 0.5) is 8.78 Å². The van der Waals surface area contributed by atoms with Gasteiger partial charge in [-0.05, 0) is 36.6 Å². The van der Waals surface area contributed by atoms with Gasteiger partial charge in [-0.25, -0.2) is 26.9 Å². The molecule has 0 saturated carbocycles. The lowest BCUT2D eigenvalue weighted by atomic mass is 9.86. The van der Waals surface area contributed by atoms with E-state index in [4.69, 9.17) is 0 Å². The molecule has 1 aliphatic rings. The van der Waals surface area contributed by atoms with Crippen molar-refractivity contribution < 1.29 is 17.2 Å². The van der Waals surface area contributed by atoms with Crippen LogP contribution in [0.3, 0.4) is 0 Å². The molecule has 1 aromatic carbocycles. The second-order valence-electron chi connectivity index (χ2n) is 7.30. The molecule has 0 amide bonds. The van der Waals surface area contributed by atoms with E-state index < -0.39 is 27.7 Å². The van der Waals surface area contributed by atoms with Crippen LogP contribution in [0.1, 0.15) is 31.7 Å². The third kappa shape index (κ3) is 5.28. The summed E-state index contributed by atoms with van der Waals surface area (Å²) in [5.74, 6) is -1.74. The summed E-state index contributed by atoms with van der Waals surface area (Å²) in [6, 6.07) is 3.24. The minimum atomic E-state index is -3.82. The summed E-state index contributed by atoms with van der Waals surface area (Å²) in [6.07, 6.45) is 3.62. The van der Waals surface area contributed by atoms with Gasteiger partial charge >= 0.3 is 0 Å². The van der Waals surface area contributed by atoms with Gasteiger partial charge in [-0.1, -0.05) is 19.9 Å². The molecule has 2 atom stereocenters. The van der Waals surface area contributed by atoms with Gasteiger partial charge in [-0.2, -0.15) is 0 Å². The van der Waals surface area contributed by atoms with E-state index in [1.54, 1.807) is 4.57 Å². The number of sulfonamides is 1. The maximum absolute atomic E-state index is 13.6. The molecule has 1 aromatic heterocycles. The number of rotatable bonds is 6. The number of nitrogens with one attached hydrogen (secondary N) is 2. The number of hydrogen-bond donors (Lipinski definition) is 2. The maximum atomic E-state index is 13.6. The molecule has 10 heteroatoms. The van der Waals surface area contributed by atoms with Crippen LogP contribution in [0.5, 0.6) is 0 Å². The van der Waals surface area contributed by atoms with Crippen molar-refractivity contribution in [1.29, 1.82) is 0 Å². The predicted molar refractivity (Wildman–Crippen MR) is 105 cm³/mol. The average Bonchev–Trinajstić information content (AvgIpc) is 3.06. The zero-order chi connectivity index (χ0) is 19.6. The van der Waals surface area contributed by atoms with Crippen LogP contribution < -0.4 is 10.0 Å². The largest absolute Gasteiger partial charge is 0.336 e. The Morgan fingerprint density at radius 1 is 1.32 bits per heavy atom. The highest BCUT2D eigenvalue weighted by Gasteiger charge is 2.32. The Morgan fingerprint density at radius 2 is 2.07 bits per heavy atom. The molecule has 2 N–H and O–H groups in total. The SMILES string of the molecule is CC(C)Cn1cnc(S(=O)(=O)NC2CNCCC2c2ccc(F)c(F)c2)c1.Cl. The lowest BCUT2D eigenvalue weighted by Crippen LogP contribution is -2.50. The number of nitrogens with zero attached hydrogens (tertiary/aromatic N) is 2. The first-order valence-corrected chi connectivity index (χ1v) is 10.4. The van der Waals surface area contributed by atoms with Crippen molar-refractivity contribution in [1.82, 2.24) is 19.6 Å². The number of imidazole rings is 1. The first-order chi connectivity index (χ1) is 12.8. The first-order valence-electron chi connectivity index (χ1n) is 8.96. The van der Waals surface area contributed by atoms with Gasteiger partial charge in [0.25, 0.3) is 10.0 Å². The molecular weight excluding hydrogens is 410 g/mol. The van der Waals surface area contributed by atoms with Crippen LogP contribution in [0, 0.1) is 17.6 Å². The van der Waals surface area contributed by atoms with Crippen molar-refractivity contribution in [2.75, 3.05) is 13.1 Å². The van der Waals surface area contributed by atoms with Crippen molar-refractivity contribution in [3.05, 3.63) is 47.9 Å². The molecule has 2 aromatic rings. The summed E-state index contributed by atoms with van der Waals surface area (Å²) in [7, 11) is -3.82. The minimum Gasteiger partial charge on any atom is -0.336 e. The molecule has 1 fully saturated rings. The van der Waals surface area contributed by atoms with Crippen molar-refractivity contribution in [3.63, 3.8) is 0 Å². The highest BCUT2D eigenvalue weighted by molar-refractivity contribution is 7.89. The summed E-state index contributed by atoms with van der Waals surface area (Å²) in [4.78, 5) is 4.01. The Labute approximate surface area is 170 Å². The van der Waals surface area contributed by atoms with Gasteiger partial charge in [0.1, 0.15) is 0 Å². The van der Waals surface area contributed by atoms with Crippen LogP contribution in [-0.4, -0.2) is 37.1 Å². The Bertz CT molecular complexity index is 905. The van der Waals surface area contributed by atoms with Gasteiger partial charge in [-0.3, -0.25) is 0 Å². The zero-order valence-corrected chi connectivity index (χ0v) is 17.4. The Kier molecular flexibility index (Phi) is 7.55. The van der Waals surface area contributed by atoms with Crippen LogP contribution >= 0.6 is 12.4 Å². The van der Waals surface area contributed by atoms with E-state index in [1.807, 2.05) is 13.8 Å². The Balaban J connectivity index is 0.00000280. The molecule has 156 valence electrons. The number of piperidine rings is 1. The third-order valence-corrected chi connectivity index (χ3v) is 6.00. The maximum Gasteiger partial charge on any atom is 0.259 e. The van der Waals surface area contributed by atoms with Crippen LogP contribution in [-0.2, 0) is 16.6 Å². The minimum absolute atomic E-state index is 0. The highest BCUT2D eigenvalue weighted by Crippen LogP contribution is 2.28. The molecule has 0 spiro atoms. The number of aromatic nitrogens is 2. The molecule has 6 nitrogen and oxygen atoms in total. The molecule has 1 aliphatic heterocycles. The van der Waals surface area contributed by atoms with E-state index in [-0.39, 0.29) is 23.4 Å².